The first-order valence-electron chi connectivity index (χ1n) is 24.5. The van der Waals surface area contributed by atoms with Gasteiger partial charge in [-0.1, -0.05) is 158 Å². The topological polar surface area (TPSA) is 108 Å². The molecule has 0 heterocycles. The molecule has 0 rings (SSSR count). The first kappa shape index (κ1) is 58.0. The summed E-state index contributed by atoms with van der Waals surface area (Å²) in [5, 5.41) is 9.66. The Balaban J connectivity index is 4.43. The standard InChI is InChI=1S/C52H91NO8/c1-6-8-10-12-14-16-18-20-22-24-25-27-29-31-33-35-37-39-41-43-50(55)61-48(47-60-52(51(56)57)58-45-44-53(3,4)5)46-59-49(54)42-40-38-36-34-32-30-28-26-23-21-19-17-15-13-11-9-7-2/h14-17,20-23,25,27,48,52H,6-13,18-19,24,26,28-47H2,1-5H3/p+1/b16-14-,17-15-,22-20-,23-21-,27-25-. The molecule has 2 unspecified atom stereocenters. The van der Waals surface area contributed by atoms with E-state index in [0.29, 0.717) is 17.4 Å². The van der Waals surface area contributed by atoms with Crippen molar-refractivity contribution in [1.82, 2.24) is 0 Å². The van der Waals surface area contributed by atoms with Gasteiger partial charge >= 0.3 is 17.9 Å². The van der Waals surface area contributed by atoms with Crippen molar-refractivity contribution in [3.63, 3.8) is 0 Å². The van der Waals surface area contributed by atoms with Gasteiger partial charge in [0.1, 0.15) is 13.2 Å². The van der Waals surface area contributed by atoms with Crippen LogP contribution in [0, 0.1) is 0 Å². The summed E-state index contributed by atoms with van der Waals surface area (Å²) in [5.41, 5.74) is 0. The summed E-state index contributed by atoms with van der Waals surface area (Å²) in [4.78, 5) is 37.2. The first-order valence-corrected chi connectivity index (χ1v) is 24.5. The maximum absolute atomic E-state index is 12.8. The minimum atomic E-state index is -1.52. The van der Waals surface area contributed by atoms with Gasteiger partial charge in [0, 0.05) is 12.8 Å². The van der Waals surface area contributed by atoms with Crippen LogP contribution in [0.15, 0.2) is 60.8 Å². The highest BCUT2D eigenvalue weighted by Gasteiger charge is 2.25. The number of rotatable bonds is 44. The number of esters is 2. The van der Waals surface area contributed by atoms with Gasteiger partial charge in [-0.15, -0.1) is 0 Å². The molecule has 0 aliphatic rings. The molecule has 9 nitrogen and oxygen atoms in total. The predicted molar refractivity (Wildman–Crippen MR) is 253 cm³/mol. The Bertz CT molecular complexity index is 1180. The average Bonchev–Trinajstić information content (AvgIpc) is 3.22. The second-order valence-corrected chi connectivity index (χ2v) is 17.4. The third kappa shape index (κ3) is 44.8. The number of quaternary nitrogens is 1. The monoisotopic (exact) mass is 859 g/mol. The van der Waals surface area contributed by atoms with Gasteiger partial charge in [0.25, 0.3) is 6.29 Å². The van der Waals surface area contributed by atoms with Crippen molar-refractivity contribution in [3.8, 4) is 0 Å². The molecule has 0 amide bonds. The van der Waals surface area contributed by atoms with Crippen LogP contribution in [0.1, 0.15) is 194 Å². The predicted octanol–water partition coefficient (Wildman–Crippen LogP) is 13.3. The van der Waals surface area contributed by atoms with Crippen molar-refractivity contribution in [2.75, 3.05) is 47.5 Å². The van der Waals surface area contributed by atoms with Gasteiger partial charge in [0.2, 0.25) is 0 Å². The Kier molecular flexibility index (Phi) is 41.5. The second kappa shape index (κ2) is 43.6. The highest BCUT2D eigenvalue weighted by Crippen LogP contribution is 2.13. The molecule has 0 fully saturated rings. The van der Waals surface area contributed by atoms with E-state index in [2.05, 4.69) is 74.6 Å². The Hall–Kier alpha value is -3.01. The SMILES string of the molecule is CCCCC/C=C\C/C=C\C/C=C\CCCCCCCCC(=O)OC(COC(=O)CCCCCCCCC/C=C\C/C=C\CCCCC)COC(OCC[N+](C)(C)C)C(=O)O. The zero-order chi connectivity index (χ0) is 44.9. The molecule has 2 atom stereocenters. The number of hydrogen-bond donors (Lipinski definition) is 1. The van der Waals surface area contributed by atoms with E-state index >= 15 is 0 Å². The zero-order valence-corrected chi connectivity index (χ0v) is 39.8. The molecule has 352 valence electrons. The molecular formula is C52H92NO8+. The van der Waals surface area contributed by atoms with Crippen LogP contribution in [0.5, 0.6) is 0 Å². The van der Waals surface area contributed by atoms with Crippen LogP contribution in [-0.4, -0.2) is 87.4 Å². The second-order valence-electron chi connectivity index (χ2n) is 17.4. The van der Waals surface area contributed by atoms with E-state index < -0.39 is 24.3 Å². The van der Waals surface area contributed by atoms with Crippen LogP contribution in [0.25, 0.3) is 0 Å². The van der Waals surface area contributed by atoms with E-state index in [1.807, 2.05) is 21.1 Å². The molecule has 0 aromatic carbocycles. The number of carbonyl (C=O) groups is 3. The highest BCUT2D eigenvalue weighted by atomic mass is 16.7. The quantitative estimate of drug-likeness (QED) is 0.0212. The number of allylic oxidation sites excluding steroid dienone is 10. The van der Waals surface area contributed by atoms with E-state index in [1.54, 1.807) is 0 Å². The summed E-state index contributed by atoms with van der Waals surface area (Å²) < 4.78 is 22.8. The summed E-state index contributed by atoms with van der Waals surface area (Å²) in [7, 11) is 5.95. The maximum atomic E-state index is 12.8. The van der Waals surface area contributed by atoms with E-state index in [0.717, 1.165) is 89.9 Å². The van der Waals surface area contributed by atoms with Gasteiger partial charge in [-0.2, -0.15) is 0 Å². The van der Waals surface area contributed by atoms with E-state index in [1.165, 1.54) is 70.6 Å². The van der Waals surface area contributed by atoms with Crippen LogP contribution in [0.3, 0.4) is 0 Å². The van der Waals surface area contributed by atoms with Crippen LogP contribution < -0.4 is 0 Å². The molecule has 0 radical (unpaired) electrons. The number of unbranched alkanes of at least 4 members (excludes halogenated alkanes) is 19. The summed E-state index contributed by atoms with van der Waals surface area (Å²) in [5.74, 6) is -2.04. The minimum Gasteiger partial charge on any atom is -0.477 e. The fraction of sp³-hybridized carbons (Fsp3) is 0.750. The van der Waals surface area contributed by atoms with Gasteiger partial charge in [0.15, 0.2) is 6.10 Å². The molecule has 0 aliphatic heterocycles. The molecule has 0 aromatic rings. The Morgan fingerprint density at radius 2 is 0.885 bits per heavy atom. The molecule has 0 aromatic heterocycles. The number of carbonyl (C=O) groups excluding carboxylic acids is 2. The van der Waals surface area contributed by atoms with Crippen molar-refractivity contribution < 1.29 is 42.9 Å². The van der Waals surface area contributed by atoms with Crippen molar-refractivity contribution in [2.24, 2.45) is 0 Å². The van der Waals surface area contributed by atoms with Crippen LogP contribution >= 0.6 is 0 Å². The minimum absolute atomic E-state index is 0.181. The molecule has 61 heavy (non-hydrogen) atoms. The number of aliphatic carboxylic acids is 1. The van der Waals surface area contributed by atoms with Crippen molar-refractivity contribution >= 4 is 17.9 Å². The molecule has 0 saturated carbocycles. The fourth-order valence-corrected chi connectivity index (χ4v) is 6.40. The van der Waals surface area contributed by atoms with E-state index in [4.69, 9.17) is 18.9 Å². The fourth-order valence-electron chi connectivity index (χ4n) is 6.40. The molecule has 9 heteroatoms. The van der Waals surface area contributed by atoms with E-state index in [9.17, 15) is 19.5 Å². The molecule has 1 N–H and O–H groups in total. The third-order valence-electron chi connectivity index (χ3n) is 10.2. The van der Waals surface area contributed by atoms with Crippen LogP contribution in [0.2, 0.25) is 0 Å². The van der Waals surface area contributed by atoms with Crippen molar-refractivity contribution in [2.45, 2.75) is 206 Å². The van der Waals surface area contributed by atoms with Gasteiger partial charge in [-0.25, -0.2) is 4.79 Å². The van der Waals surface area contributed by atoms with Crippen molar-refractivity contribution in [3.05, 3.63) is 60.8 Å². The largest absolute Gasteiger partial charge is 0.477 e. The smallest absolute Gasteiger partial charge is 0.361 e. The number of nitrogens with zero attached hydrogens (tertiary/aromatic N) is 1. The number of carboxylic acids is 1. The summed E-state index contributed by atoms with van der Waals surface area (Å²) in [6.07, 6.45) is 49.8. The number of hydrogen-bond acceptors (Lipinski definition) is 7. The molecule has 0 bridgehead atoms. The molecule has 0 saturated heterocycles. The third-order valence-corrected chi connectivity index (χ3v) is 10.2. The Morgan fingerprint density at radius 3 is 1.31 bits per heavy atom. The van der Waals surface area contributed by atoms with Crippen LogP contribution in [0.4, 0.5) is 0 Å². The summed E-state index contributed by atoms with van der Waals surface area (Å²) in [6.45, 7) is 4.79. The molecule has 0 spiro atoms. The van der Waals surface area contributed by atoms with Gasteiger partial charge in [-0.05, 0) is 83.5 Å². The highest BCUT2D eigenvalue weighted by molar-refractivity contribution is 5.71. The Labute approximate surface area is 374 Å². The lowest BCUT2D eigenvalue weighted by molar-refractivity contribution is -0.870. The maximum Gasteiger partial charge on any atom is 0.361 e. The van der Waals surface area contributed by atoms with Gasteiger partial charge < -0.3 is 28.5 Å². The molecule has 0 aliphatic carbocycles. The number of likely N-dealkylation sites (N-methyl/N-ethyl adjacent to an activating group) is 1. The lowest BCUT2D eigenvalue weighted by Crippen LogP contribution is -2.40. The number of ether oxygens (including phenoxy) is 4. The normalized spacial score (nSPS) is 13.4. The summed E-state index contributed by atoms with van der Waals surface area (Å²) >= 11 is 0. The van der Waals surface area contributed by atoms with E-state index in [-0.39, 0.29) is 38.6 Å². The van der Waals surface area contributed by atoms with Gasteiger partial charge in [0.05, 0.1) is 34.4 Å². The average molecular weight is 859 g/mol. The lowest BCUT2D eigenvalue weighted by Gasteiger charge is -2.25. The summed E-state index contributed by atoms with van der Waals surface area (Å²) in [6, 6.07) is 0. The zero-order valence-electron chi connectivity index (χ0n) is 39.8. The van der Waals surface area contributed by atoms with Crippen molar-refractivity contribution in [1.29, 1.82) is 0 Å². The van der Waals surface area contributed by atoms with Gasteiger partial charge in [-0.3, -0.25) is 9.59 Å². The first-order chi connectivity index (χ1) is 29.6. The lowest BCUT2D eigenvalue weighted by atomic mass is 10.1. The number of carboxylic acid groups (broad SMARTS) is 1. The molecular weight excluding hydrogens is 767 g/mol. The van der Waals surface area contributed by atoms with Crippen LogP contribution in [-0.2, 0) is 33.3 Å². The Morgan fingerprint density at radius 1 is 0.492 bits per heavy atom.